The molecule has 4 atom stereocenters. The van der Waals surface area contributed by atoms with E-state index in [1.807, 2.05) is 13.8 Å². The number of aryl methyl sites for hydroxylation is 1. The number of aliphatic hydroxyl groups excluding tert-OH is 1. The van der Waals surface area contributed by atoms with Crippen molar-refractivity contribution < 1.29 is 9.90 Å². The zero-order valence-corrected chi connectivity index (χ0v) is 12.0. The molecule has 1 saturated carbocycles. The summed E-state index contributed by atoms with van der Waals surface area (Å²) in [5.41, 5.74) is 0. The van der Waals surface area contributed by atoms with Gasteiger partial charge in [0, 0.05) is 34.2 Å². The molecule has 1 heterocycles. The Kier molecular flexibility index (Phi) is 4.07. The molecule has 1 aliphatic rings. The molecule has 1 fully saturated rings. The summed E-state index contributed by atoms with van der Waals surface area (Å²) in [5.74, 6) is 0.797. The largest absolute Gasteiger partial charge is 0.396 e. The van der Waals surface area contributed by atoms with Crippen LogP contribution in [0.1, 0.15) is 35.9 Å². The molecule has 2 N–H and O–H groups in total. The average molecular weight is 267 g/mol. The Morgan fingerprint density at radius 3 is 2.83 bits per heavy atom. The molecule has 1 aliphatic carbocycles. The lowest BCUT2D eigenvalue weighted by Crippen LogP contribution is -2.39. The first kappa shape index (κ1) is 13.6. The van der Waals surface area contributed by atoms with Gasteiger partial charge in [0.25, 0.3) is 0 Å². The second-order valence-corrected chi connectivity index (χ2v) is 6.67. The van der Waals surface area contributed by atoms with Gasteiger partial charge in [-0.1, -0.05) is 6.92 Å². The summed E-state index contributed by atoms with van der Waals surface area (Å²) in [6.45, 7) is 6.10. The number of thiophene rings is 1. The second kappa shape index (κ2) is 5.41. The van der Waals surface area contributed by atoms with Gasteiger partial charge in [0.05, 0.1) is 0 Å². The standard InChI is InChI=1S/C14H21NO2S/c1-8(7-16)10(3)15-14(17)12-6-11(12)13-5-4-9(2)18-13/h4-5,8,10-12,16H,6-7H2,1-3H3,(H,15,17). The predicted octanol–water partition coefficient (Wildman–Crippen LogP) is 2.29. The third-order valence-corrected chi connectivity index (χ3v) is 4.90. The van der Waals surface area contributed by atoms with Crippen LogP contribution in [0.2, 0.25) is 0 Å². The maximum absolute atomic E-state index is 12.0. The summed E-state index contributed by atoms with van der Waals surface area (Å²) in [4.78, 5) is 14.7. The van der Waals surface area contributed by atoms with Crippen molar-refractivity contribution in [1.29, 1.82) is 0 Å². The van der Waals surface area contributed by atoms with Gasteiger partial charge in [-0.2, -0.15) is 0 Å². The van der Waals surface area contributed by atoms with Crippen molar-refractivity contribution in [3.05, 3.63) is 21.9 Å². The predicted molar refractivity (Wildman–Crippen MR) is 73.8 cm³/mol. The maximum Gasteiger partial charge on any atom is 0.223 e. The van der Waals surface area contributed by atoms with Crippen LogP contribution in [0.15, 0.2) is 12.1 Å². The number of aliphatic hydroxyl groups is 1. The van der Waals surface area contributed by atoms with Gasteiger partial charge in [0.1, 0.15) is 0 Å². The Balaban J connectivity index is 1.86. The third-order valence-electron chi connectivity index (χ3n) is 3.77. The number of amides is 1. The molecule has 3 nitrogen and oxygen atoms in total. The lowest BCUT2D eigenvalue weighted by atomic mass is 10.0. The topological polar surface area (TPSA) is 49.3 Å². The molecule has 0 bridgehead atoms. The van der Waals surface area contributed by atoms with E-state index in [1.54, 1.807) is 11.3 Å². The van der Waals surface area contributed by atoms with Crippen molar-refractivity contribution >= 4 is 17.2 Å². The first-order chi connectivity index (χ1) is 8.52. The third kappa shape index (κ3) is 2.93. The fourth-order valence-corrected chi connectivity index (χ4v) is 3.14. The van der Waals surface area contributed by atoms with Crippen molar-refractivity contribution in [2.24, 2.45) is 11.8 Å². The summed E-state index contributed by atoms with van der Waals surface area (Å²) in [6, 6.07) is 4.29. The highest BCUT2D eigenvalue weighted by Crippen LogP contribution is 2.49. The smallest absolute Gasteiger partial charge is 0.223 e. The van der Waals surface area contributed by atoms with Crippen molar-refractivity contribution in [3.8, 4) is 0 Å². The van der Waals surface area contributed by atoms with E-state index in [9.17, 15) is 4.79 Å². The van der Waals surface area contributed by atoms with Crippen molar-refractivity contribution in [2.45, 2.75) is 39.2 Å². The van der Waals surface area contributed by atoms with Gasteiger partial charge in [0.15, 0.2) is 0 Å². The van der Waals surface area contributed by atoms with Crippen LogP contribution in [0.3, 0.4) is 0 Å². The minimum absolute atomic E-state index is 0.0359. The SMILES string of the molecule is Cc1ccc(C2CC2C(=O)NC(C)C(C)CO)s1. The first-order valence-electron chi connectivity index (χ1n) is 6.50. The molecule has 0 spiro atoms. The van der Waals surface area contributed by atoms with Gasteiger partial charge in [-0.25, -0.2) is 0 Å². The van der Waals surface area contributed by atoms with Crippen molar-refractivity contribution in [2.75, 3.05) is 6.61 Å². The van der Waals surface area contributed by atoms with Crippen molar-refractivity contribution in [3.63, 3.8) is 0 Å². The van der Waals surface area contributed by atoms with Crippen LogP contribution in [0.5, 0.6) is 0 Å². The van der Waals surface area contributed by atoms with Crippen LogP contribution in [0, 0.1) is 18.8 Å². The molecule has 1 aromatic heterocycles. The number of hydrogen-bond donors (Lipinski definition) is 2. The zero-order chi connectivity index (χ0) is 13.3. The van der Waals surface area contributed by atoms with Crippen molar-refractivity contribution in [1.82, 2.24) is 5.32 Å². The summed E-state index contributed by atoms with van der Waals surface area (Å²) >= 11 is 1.79. The normalized spacial score (nSPS) is 25.6. The van der Waals surface area contributed by atoms with E-state index >= 15 is 0 Å². The van der Waals surface area contributed by atoms with Gasteiger partial charge in [0.2, 0.25) is 5.91 Å². The second-order valence-electron chi connectivity index (χ2n) is 5.35. The Morgan fingerprint density at radius 2 is 2.28 bits per heavy atom. The molecule has 4 heteroatoms. The highest BCUT2D eigenvalue weighted by Gasteiger charge is 2.45. The summed E-state index contributed by atoms with van der Waals surface area (Å²) in [7, 11) is 0. The van der Waals surface area contributed by atoms with Crippen LogP contribution < -0.4 is 5.32 Å². The molecule has 1 amide bonds. The number of hydrogen-bond acceptors (Lipinski definition) is 3. The Hall–Kier alpha value is -0.870. The molecule has 2 rings (SSSR count). The molecule has 1 aromatic rings. The van der Waals surface area contributed by atoms with Crippen LogP contribution >= 0.6 is 11.3 Å². The lowest BCUT2D eigenvalue weighted by molar-refractivity contribution is -0.123. The molecule has 100 valence electrons. The van der Waals surface area contributed by atoms with E-state index in [-0.39, 0.29) is 30.4 Å². The van der Waals surface area contributed by atoms with Crippen LogP contribution in [0.4, 0.5) is 0 Å². The number of nitrogens with one attached hydrogen (secondary N) is 1. The van der Waals surface area contributed by atoms with Crippen LogP contribution in [-0.4, -0.2) is 23.7 Å². The fourth-order valence-electron chi connectivity index (χ4n) is 2.08. The monoisotopic (exact) mass is 267 g/mol. The molecule has 4 unspecified atom stereocenters. The highest BCUT2D eigenvalue weighted by atomic mass is 32.1. The number of carbonyl (C=O) groups is 1. The van der Waals surface area contributed by atoms with Gasteiger partial charge in [-0.3, -0.25) is 4.79 Å². The van der Waals surface area contributed by atoms with E-state index in [0.717, 1.165) is 6.42 Å². The van der Waals surface area contributed by atoms with Gasteiger partial charge in [-0.05, 0) is 38.3 Å². The number of carbonyl (C=O) groups excluding carboxylic acids is 1. The summed E-state index contributed by atoms with van der Waals surface area (Å²) in [6.07, 6.45) is 0.964. The molecule has 18 heavy (non-hydrogen) atoms. The van der Waals surface area contributed by atoms with Crippen LogP contribution in [-0.2, 0) is 4.79 Å². The fraction of sp³-hybridized carbons (Fsp3) is 0.643. The van der Waals surface area contributed by atoms with Crippen LogP contribution in [0.25, 0.3) is 0 Å². The Labute approximate surface area is 112 Å². The molecule has 0 aliphatic heterocycles. The molecular weight excluding hydrogens is 246 g/mol. The van der Waals surface area contributed by atoms with E-state index in [4.69, 9.17) is 5.11 Å². The molecule has 0 radical (unpaired) electrons. The zero-order valence-electron chi connectivity index (χ0n) is 11.1. The Morgan fingerprint density at radius 1 is 1.56 bits per heavy atom. The molecule has 0 saturated heterocycles. The van der Waals surface area contributed by atoms with Gasteiger partial charge < -0.3 is 10.4 Å². The quantitative estimate of drug-likeness (QED) is 0.860. The first-order valence-corrected chi connectivity index (χ1v) is 7.32. The average Bonchev–Trinajstić information content (AvgIpc) is 3.04. The minimum atomic E-state index is 0.0359. The van der Waals surface area contributed by atoms with Gasteiger partial charge >= 0.3 is 0 Å². The summed E-state index contributed by atoms with van der Waals surface area (Å²) in [5, 5.41) is 12.1. The molecular formula is C14H21NO2S. The van der Waals surface area contributed by atoms with E-state index in [2.05, 4.69) is 24.4 Å². The van der Waals surface area contributed by atoms with Gasteiger partial charge in [-0.15, -0.1) is 11.3 Å². The minimum Gasteiger partial charge on any atom is -0.396 e. The van der Waals surface area contributed by atoms with E-state index in [1.165, 1.54) is 9.75 Å². The van der Waals surface area contributed by atoms with E-state index < -0.39 is 0 Å². The maximum atomic E-state index is 12.0. The molecule has 0 aromatic carbocycles. The lowest BCUT2D eigenvalue weighted by Gasteiger charge is -2.19. The highest BCUT2D eigenvalue weighted by molar-refractivity contribution is 7.12. The number of rotatable bonds is 5. The van der Waals surface area contributed by atoms with E-state index in [0.29, 0.717) is 5.92 Å². The Bertz CT molecular complexity index is 429. The summed E-state index contributed by atoms with van der Waals surface area (Å²) < 4.78 is 0.